The Kier molecular flexibility index (Phi) is 4.10. The van der Waals surface area contributed by atoms with Gasteiger partial charge in [0.1, 0.15) is 5.75 Å². The van der Waals surface area contributed by atoms with Crippen molar-refractivity contribution in [3.8, 4) is 5.75 Å². The van der Waals surface area contributed by atoms with Crippen molar-refractivity contribution in [2.75, 3.05) is 18.6 Å². The number of ether oxygens (including phenoxy) is 1. The van der Waals surface area contributed by atoms with Crippen molar-refractivity contribution in [3.63, 3.8) is 0 Å². The van der Waals surface area contributed by atoms with Crippen LogP contribution in [0.3, 0.4) is 0 Å². The lowest BCUT2D eigenvalue weighted by atomic mass is 9.97. The van der Waals surface area contributed by atoms with Crippen LogP contribution in [0.5, 0.6) is 5.75 Å². The smallest absolute Gasteiger partial charge is 0.231 e. The van der Waals surface area contributed by atoms with Crippen LogP contribution in [0.2, 0.25) is 0 Å². The second kappa shape index (κ2) is 5.61. The highest BCUT2D eigenvalue weighted by Crippen LogP contribution is 2.31. The number of methoxy groups -OCH3 is 1. The van der Waals surface area contributed by atoms with Crippen LogP contribution in [0, 0.1) is 5.92 Å². The number of aryl methyl sites for hydroxylation is 1. The first kappa shape index (κ1) is 13.9. The Morgan fingerprint density at radius 3 is 2.79 bits per heavy atom. The van der Waals surface area contributed by atoms with Crippen LogP contribution in [0.25, 0.3) is 0 Å². The van der Waals surface area contributed by atoms with Crippen molar-refractivity contribution in [2.45, 2.75) is 32.7 Å². The quantitative estimate of drug-likeness (QED) is 0.906. The van der Waals surface area contributed by atoms with E-state index in [1.54, 1.807) is 7.11 Å². The molecule has 1 aromatic rings. The lowest BCUT2D eigenvalue weighted by Crippen LogP contribution is -2.44. The monoisotopic (exact) mass is 262 g/mol. The molecule has 0 aliphatic carbocycles. The molecule has 0 saturated carbocycles. The maximum absolute atomic E-state index is 12.5. The van der Waals surface area contributed by atoms with Gasteiger partial charge >= 0.3 is 0 Å². The van der Waals surface area contributed by atoms with Crippen molar-refractivity contribution < 1.29 is 9.53 Å². The molecule has 0 radical (unpaired) electrons. The Bertz CT molecular complexity index is 471. The van der Waals surface area contributed by atoms with Crippen molar-refractivity contribution in [3.05, 3.63) is 23.8 Å². The predicted molar refractivity (Wildman–Crippen MR) is 76.5 cm³/mol. The molecule has 1 heterocycles. The van der Waals surface area contributed by atoms with E-state index < -0.39 is 0 Å². The molecule has 19 heavy (non-hydrogen) atoms. The van der Waals surface area contributed by atoms with E-state index in [1.807, 2.05) is 36.9 Å². The summed E-state index contributed by atoms with van der Waals surface area (Å²) in [5, 5.41) is 0. The second-order valence-corrected chi connectivity index (χ2v) is 5.24. The number of carbonyl (C=O) groups excluding carboxylic acids is 1. The first-order valence-electron chi connectivity index (χ1n) is 6.78. The molecule has 2 atom stereocenters. The maximum atomic E-state index is 12.5. The average Bonchev–Trinajstić information content (AvgIpc) is 2.44. The molecule has 1 amide bonds. The third-order valence-corrected chi connectivity index (χ3v) is 3.85. The van der Waals surface area contributed by atoms with E-state index in [9.17, 15) is 4.79 Å². The molecule has 0 bridgehead atoms. The summed E-state index contributed by atoms with van der Waals surface area (Å²) in [6, 6.07) is 5.77. The first-order chi connectivity index (χ1) is 9.04. The van der Waals surface area contributed by atoms with Gasteiger partial charge in [-0.15, -0.1) is 0 Å². The van der Waals surface area contributed by atoms with E-state index in [2.05, 4.69) is 0 Å². The number of rotatable bonds is 3. The van der Waals surface area contributed by atoms with Crippen molar-refractivity contribution >= 4 is 11.6 Å². The SMILES string of the molecule is COc1ccc2c(c1)CCCN2C(=O)C(C)C(C)N. The standard InChI is InChI=1S/C15H22N2O2/c1-10(11(2)16)15(18)17-8-4-5-12-9-13(19-3)6-7-14(12)17/h6-7,9-11H,4-5,8,16H2,1-3H3. The maximum Gasteiger partial charge on any atom is 0.231 e. The highest BCUT2D eigenvalue weighted by molar-refractivity contribution is 5.96. The van der Waals surface area contributed by atoms with Gasteiger partial charge in [-0.05, 0) is 43.5 Å². The topological polar surface area (TPSA) is 55.6 Å². The van der Waals surface area contributed by atoms with Gasteiger partial charge in [0.25, 0.3) is 0 Å². The Morgan fingerprint density at radius 1 is 1.42 bits per heavy atom. The second-order valence-electron chi connectivity index (χ2n) is 5.24. The molecule has 4 nitrogen and oxygen atoms in total. The number of hydrogen-bond acceptors (Lipinski definition) is 3. The van der Waals surface area contributed by atoms with E-state index in [0.29, 0.717) is 0 Å². The van der Waals surface area contributed by atoms with Gasteiger partial charge in [0, 0.05) is 18.3 Å². The third kappa shape index (κ3) is 2.73. The number of benzene rings is 1. The molecule has 2 unspecified atom stereocenters. The molecule has 4 heteroatoms. The number of nitrogens with two attached hydrogens (primary N) is 1. The normalized spacial score (nSPS) is 17.6. The zero-order chi connectivity index (χ0) is 14.0. The van der Waals surface area contributed by atoms with Gasteiger partial charge in [0.2, 0.25) is 5.91 Å². The Balaban J connectivity index is 2.29. The van der Waals surface area contributed by atoms with E-state index >= 15 is 0 Å². The summed E-state index contributed by atoms with van der Waals surface area (Å²) in [4.78, 5) is 14.3. The van der Waals surface area contributed by atoms with Crippen LogP contribution in [-0.2, 0) is 11.2 Å². The van der Waals surface area contributed by atoms with Crippen LogP contribution in [-0.4, -0.2) is 25.6 Å². The van der Waals surface area contributed by atoms with Gasteiger partial charge < -0.3 is 15.4 Å². The highest BCUT2D eigenvalue weighted by atomic mass is 16.5. The van der Waals surface area contributed by atoms with Crippen molar-refractivity contribution in [2.24, 2.45) is 11.7 Å². The molecule has 2 rings (SSSR count). The van der Waals surface area contributed by atoms with Crippen LogP contribution in [0.1, 0.15) is 25.8 Å². The lowest BCUT2D eigenvalue weighted by Gasteiger charge is -2.32. The van der Waals surface area contributed by atoms with E-state index in [4.69, 9.17) is 10.5 Å². The zero-order valence-electron chi connectivity index (χ0n) is 11.8. The van der Waals surface area contributed by atoms with Crippen molar-refractivity contribution in [1.29, 1.82) is 0 Å². The minimum Gasteiger partial charge on any atom is -0.497 e. The first-order valence-corrected chi connectivity index (χ1v) is 6.78. The predicted octanol–water partition coefficient (Wildman–Crippen LogP) is 1.96. The Hall–Kier alpha value is -1.55. The summed E-state index contributed by atoms with van der Waals surface area (Å²) < 4.78 is 5.24. The molecular weight excluding hydrogens is 240 g/mol. The molecule has 104 valence electrons. The van der Waals surface area contributed by atoms with Crippen LogP contribution in [0.15, 0.2) is 18.2 Å². The van der Waals surface area contributed by atoms with E-state index in [0.717, 1.165) is 30.8 Å². The number of carbonyl (C=O) groups is 1. The van der Waals surface area contributed by atoms with Crippen LogP contribution >= 0.6 is 0 Å². The summed E-state index contributed by atoms with van der Waals surface area (Å²) in [6.45, 7) is 4.54. The molecule has 0 fully saturated rings. The van der Waals surface area contributed by atoms with Gasteiger partial charge in [-0.2, -0.15) is 0 Å². The summed E-state index contributed by atoms with van der Waals surface area (Å²) in [5.74, 6) is 0.794. The van der Waals surface area contributed by atoms with Crippen LogP contribution < -0.4 is 15.4 Å². The number of fused-ring (bicyclic) bond motifs is 1. The van der Waals surface area contributed by atoms with Gasteiger partial charge in [-0.1, -0.05) is 6.92 Å². The molecular formula is C15H22N2O2. The Morgan fingerprint density at radius 2 is 2.16 bits per heavy atom. The van der Waals surface area contributed by atoms with E-state index in [-0.39, 0.29) is 17.9 Å². The molecule has 0 saturated heterocycles. The molecule has 2 N–H and O–H groups in total. The summed E-state index contributed by atoms with van der Waals surface area (Å²) in [7, 11) is 1.66. The molecule has 1 aliphatic heterocycles. The summed E-state index contributed by atoms with van der Waals surface area (Å²) >= 11 is 0. The van der Waals surface area contributed by atoms with Gasteiger partial charge in [0.05, 0.1) is 13.0 Å². The molecule has 1 aliphatic rings. The van der Waals surface area contributed by atoms with Gasteiger partial charge in [-0.3, -0.25) is 4.79 Å². The largest absolute Gasteiger partial charge is 0.497 e. The van der Waals surface area contributed by atoms with Gasteiger partial charge in [-0.25, -0.2) is 0 Å². The average molecular weight is 262 g/mol. The third-order valence-electron chi connectivity index (χ3n) is 3.85. The minimum absolute atomic E-state index is 0.112. The summed E-state index contributed by atoms with van der Waals surface area (Å²) in [5.41, 5.74) is 8.02. The number of amides is 1. The molecule has 0 spiro atoms. The van der Waals surface area contributed by atoms with Crippen LogP contribution in [0.4, 0.5) is 5.69 Å². The summed E-state index contributed by atoms with van der Waals surface area (Å²) in [6.07, 6.45) is 1.97. The molecule has 1 aromatic carbocycles. The lowest BCUT2D eigenvalue weighted by molar-refractivity contribution is -0.122. The van der Waals surface area contributed by atoms with Gasteiger partial charge in [0.15, 0.2) is 0 Å². The minimum atomic E-state index is -0.159. The number of nitrogens with zero attached hydrogens (tertiary/aromatic N) is 1. The Labute approximate surface area is 114 Å². The van der Waals surface area contributed by atoms with Crippen molar-refractivity contribution in [1.82, 2.24) is 0 Å². The fourth-order valence-electron chi connectivity index (χ4n) is 2.40. The number of hydrogen-bond donors (Lipinski definition) is 1. The fourth-order valence-corrected chi connectivity index (χ4v) is 2.40. The highest BCUT2D eigenvalue weighted by Gasteiger charge is 2.28. The van der Waals surface area contributed by atoms with E-state index in [1.165, 1.54) is 5.56 Å². The fraction of sp³-hybridized carbons (Fsp3) is 0.533. The number of anilines is 1. The molecule has 0 aromatic heterocycles. The zero-order valence-corrected chi connectivity index (χ0v) is 11.8.